The van der Waals surface area contributed by atoms with Crippen LogP contribution in [-0.4, -0.2) is 9.36 Å². The molecule has 1 aromatic heterocycles. The van der Waals surface area contributed by atoms with Crippen molar-refractivity contribution >= 4 is 22.4 Å². The van der Waals surface area contributed by atoms with E-state index in [1.54, 1.807) is 30.3 Å². The van der Waals surface area contributed by atoms with Gasteiger partial charge in [0, 0.05) is 6.54 Å². The van der Waals surface area contributed by atoms with Gasteiger partial charge < -0.3 is 0 Å². The van der Waals surface area contributed by atoms with Crippen LogP contribution in [0.5, 0.6) is 0 Å². The number of para-hydroxylation sites is 1. The zero-order valence-corrected chi connectivity index (χ0v) is 12.2. The fraction of sp³-hybridized carbons (Fsp3) is 0.125. The minimum atomic E-state index is -0.289. The Morgan fingerprint density at radius 3 is 2.33 bits per heavy atom. The average Bonchev–Trinajstić information content (AvgIpc) is 2.51. The number of rotatable bonds is 2. The molecule has 5 heteroatoms. The van der Waals surface area contributed by atoms with E-state index in [-0.39, 0.29) is 16.5 Å². The summed E-state index contributed by atoms with van der Waals surface area (Å²) in [4.78, 5) is 25.4. The van der Waals surface area contributed by atoms with Gasteiger partial charge in [-0.2, -0.15) is 0 Å². The van der Waals surface area contributed by atoms with E-state index >= 15 is 0 Å². The summed E-state index contributed by atoms with van der Waals surface area (Å²) in [7, 11) is 0. The summed E-state index contributed by atoms with van der Waals surface area (Å²) in [6, 6.07) is 14.0. The van der Waals surface area contributed by atoms with Crippen molar-refractivity contribution in [2.24, 2.45) is 0 Å². The Hall–Kier alpha value is -2.33. The van der Waals surface area contributed by atoms with Gasteiger partial charge in [-0.1, -0.05) is 35.9 Å². The van der Waals surface area contributed by atoms with Gasteiger partial charge in [0.15, 0.2) is 0 Å². The number of fused-ring (bicyclic) bond motifs is 1. The van der Waals surface area contributed by atoms with Crippen LogP contribution >= 0.6 is 11.6 Å². The quantitative estimate of drug-likeness (QED) is 0.730. The van der Waals surface area contributed by atoms with Gasteiger partial charge in [-0.05, 0) is 31.2 Å². The minimum absolute atomic E-state index is 0.224. The number of hydrogen-bond donors (Lipinski definition) is 0. The van der Waals surface area contributed by atoms with Crippen molar-refractivity contribution in [2.45, 2.75) is 13.5 Å². The first-order valence-corrected chi connectivity index (χ1v) is 7.02. The Morgan fingerprint density at radius 1 is 0.952 bits per heavy atom. The van der Waals surface area contributed by atoms with Crippen molar-refractivity contribution in [2.75, 3.05) is 0 Å². The maximum absolute atomic E-state index is 12.8. The molecule has 0 saturated carbocycles. The van der Waals surface area contributed by atoms with Gasteiger partial charge in [0.2, 0.25) is 0 Å². The molecule has 0 unspecified atom stereocenters. The van der Waals surface area contributed by atoms with E-state index in [4.69, 9.17) is 11.6 Å². The smallest absolute Gasteiger partial charge is 0.267 e. The Bertz CT molecular complexity index is 927. The first-order chi connectivity index (χ1) is 10.1. The molecule has 2 aromatic carbocycles. The summed E-state index contributed by atoms with van der Waals surface area (Å²) < 4.78 is 2.81. The molecule has 0 radical (unpaired) electrons. The maximum Gasteiger partial charge on any atom is 0.279 e. The molecule has 4 nitrogen and oxygen atoms in total. The molecule has 0 aliphatic carbocycles. The number of benzene rings is 2. The molecule has 0 bridgehead atoms. The Balaban J connectivity index is 2.56. The monoisotopic (exact) mass is 300 g/mol. The fourth-order valence-electron chi connectivity index (χ4n) is 2.48. The Kier molecular flexibility index (Phi) is 3.39. The highest BCUT2D eigenvalue weighted by Gasteiger charge is 2.15. The third kappa shape index (κ3) is 2.08. The molecule has 0 aliphatic rings. The lowest BCUT2D eigenvalue weighted by Gasteiger charge is -2.15. The van der Waals surface area contributed by atoms with Crippen LogP contribution in [0, 0.1) is 0 Å². The van der Waals surface area contributed by atoms with Gasteiger partial charge >= 0.3 is 0 Å². The second-order valence-corrected chi connectivity index (χ2v) is 5.04. The summed E-state index contributed by atoms with van der Waals surface area (Å²) in [6.45, 7) is 2.22. The van der Waals surface area contributed by atoms with Gasteiger partial charge in [0.1, 0.15) is 0 Å². The molecule has 0 saturated heterocycles. The lowest BCUT2D eigenvalue weighted by atomic mass is 10.2. The van der Waals surface area contributed by atoms with Crippen LogP contribution in [0.4, 0.5) is 0 Å². The molecule has 0 atom stereocenters. The Morgan fingerprint density at radius 2 is 1.67 bits per heavy atom. The second kappa shape index (κ2) is 5.22. The molecule has 106 valence electrons. The van der Waals surface area contributed by atoms with Crippen LogP contribution < -0.4 is 11.1 Å². The highest BCUT2D eigenvalue weighted by Crippen LogP contribution is 2.18. The normalized spacial score (nSPS) is 11.0. The molecule has 21 heavy (non-hydrogen) atoms. The summed E-state index contributed by atoms with van der Waals surface area (Å²) in [5.41, 5.74) is 0.130. The van der Waals surface area contributed by atoms with E-state index in [1.165, 1.54) is 9.36 Å². The summed E-state index contributed by atoms with van der Waals surface area (Å²) in [5.74, 6) is 0. The highest BCUT2D eigenvalue weighted by molar-refractivity contribution is 6.35. The van der Waals surface area contributed by atoms with E-state index < -0.39 is 0 Å². The van der Waals surface area contributed by atoms with Gasteiger partial charge in [0.05, 0.1) is 21.5 Å². The molecule has 3 aromatic rings. The lowest BCUT2D eigenvalue weighted by Crippen LogP contribution is -2.37. The summed E-state index contributed by atoms with van der Waals surface area (Å²) >= 11 is 6.13. The van der Waals surface area contributed by atoms with Crippen molar-refractivity contribution in [1.29, 1.82) is 0 Å². The van der Waals surface area contributed by atoms with E-state index in [0.717, 1.165) is 0 Å². The van der Waals surface area contributed by atoms with Crippen molar-refractivity contribution in [3.05, 3.63) is 74.3 Å². The van der Waals surface area contributed by atoms with E-state index in [0.29, 0.717) is 22.6 Å². The van der Waals surface area contributed by atoms with Crippen molar-refractivity contribution in [3.8, 4) is 5.69 Å². The topological polar surface area (TPSA) is 44.0 Å². The largest absolute Gasteiger partial charge is 0.279 e. The number of nitrogens with zero attached hydrogens (tertiary/aromatic N) is 2. The van der Waals surface area contributed by atoms with Gasteiger partial charge in [-0.25, -0.2) is 9.36 Å². The fourth-order valence-corrected chi connectivity index (χ4v) is 2.73. The van der Waals surface area contributed by atoms with Gasteiger partial charge in [-0.3, -0.25) is 9.59 Å². The maximum atomic E-state index is 12.8. The molecular formula is C16H13ClN2O2. The van der Waals surface area contributed by atoms with E-state index in [1.807, 2.05) is 25.1 Å². The summed E-state index contributed by atoms with van der Waals surface area (Å²) in [6.07, 6.45) is 0. The minimum Gasteiger partial charge on any atom is -0.267 e. The average molecular weight is 301 g/mol. The zero-order valence-electron chi connectivity index (χ0n) is 11.4. The van der Waals surface area contributed by atoms with Crippen molar-refractivity contribution < 1.29 is 0 Å². The van der Waals surface area contributed by atoms with Crippen LogP contribution in [0.15, 0.2) is 58.1 Å². The first-order valence-electron chi connectivity index (χ1n) is 6.65. The molecular weight excluding hydrogens is 288 g/mol. The van der Waals surface area contributed by atoms with Crippen molar-refractivity contribution in [3.63, 3.8) is 0 Å². The summed E-state index contributed by atoms with van der Waals surface area (Å²) in [5, 5.41) is 0.904. The molecule has 1 heterocycles. The molecule has 0 spiro atoms. The van der Waals surface area contributed by atoms with Crippen LogP contribution in [-0.2, 0) is 6.54 Å². The SMILES string of the molecule is CCn1c(=O)c2cccc(Cl)c2c(=O)n1-c1ccccc1. The predicted octanol–water partition coefficient (Wildman–Crippen LogP) is 2.83. The van der Waals surface area contributed by atoms with Crippen LogP contribution in [0.1, 0.15) is 6.92 Å². The Labute approximate surface area is 125 Å². The molecule has 0 amide bonds. The van der Waals surface area contributed by atoms with Crippen LogP contribution in [0.2, 0.25) is 5.02 Å². The van der Waals surface area contributed by atoms with Crippen LogP contribution in [0.25, 0.3) is 16.5 Å². The molecule has 0 N–H and O–H groups in total. The molecule has 3 rings (SSSR count). The number of halogens is 1. The van der Waals surface area contributed by atoms with Gasteiger partial charge in [0.25, 0.3) is 11.1 Å². The van der Waals surface area contributed by atoms with Gasteiger partial charge in [-0.15, -0.1) is 0 Å². The first kappa shape index (κ1) is 13.6. The molecule has 0 fully saturated rings. The van der Waals surface area contributed by atoms with Crippen molar-refractivity contribution in [1.82, 2.24) is 9.36 Å². The standard InChI is InChI=1S/C16H13ClN2O2/c1-2-18-15(20)12-9-6-10-13(17)14(12)16(21)19(18)11-7-4-3-5-8-11/h3-10H,2H2,1H3. The predicted molar refractivity (Wildman–Crippen MR) is 84.5 cm³/mol. The third-order valence-corrected chi connectivity index (χ3v) is 3.74. The lowest BCUT2D eigenvalue weighted by molar-refractivity contribution is 0.538. The van der Waals surface area contributed by atoms with E-state index in [2.05, 4.69) is 0 Å². The highest BCUT2D eigenvalue weighted by atomic mass is 35.5. The van der Waals surface area contributed by atoms with Crippen LogP contribution in [0.3, 0.4) is 0 Å². The number of aromatic nitrogens is 2. The second-order valence-electron chi connectivity index (χ2n) is 4.64. The molecule has 0 aliphatic heterocycles. The zero-order chi connectivity index (χ0) is 15.0. The third-order valence-electron chi connectivity index (χ3n) is 3.43. The van der Waals surface area contributed by atoms with E-state index in [9.17, 15) is 9.59 Å². The number of hydrogen-bond acceptors (Lipinski definition) is 2.